The number of benzene rings is 1. The third-order valence-electron chi connectivity index (χ3n) is 2.41. The van der Waals surface area contributed by atoms with E-state index in [-0.39, 0.29) is 5.78 Å². The Balaban J connectivity index is 2.45. The Morgan fingerprint density at radius 2 is 2.27 bits per heavy atom. The predicted molar refractivity (Wildman–Crippen MR) is 57.7 cm³/mol. The molecule has 0 saturated heterocycles. The highest BCUT2D eigenvalue weighted by Crippen LogP contribution is 2.27. The molecule has 4 heteroatoms. The lowest BCUT2D eigenvalue weighted by atomic mass is 9.97. The molecule has 1 aliphatic heterocycles. The molecule has 1 aromatic rings. The largest absolute Gasteiger partial charge is 0.450 e. The number of ether oxygens (including phenoxy) is 1. The first-order valence-electron chi connectivity index (χ1n) is 4.58. The van der Waals surface area contributed by atoms with Crippen LogP contribution in [-0.2, 0) is 16.0 Å². The van der Waals surface area contributed by atoms with Crippen molar-refractivity contribution in [2.24, 2.45) is 0 Å². The van der Waals surface area contributed by atoms with Crippen molar-refractivity contribution >= 4 is 27.7 Å². The van der Waals surface area contributed by atoms with Crippen LogP contribution in [0.5, 0.6) is 0 Å². The fourth-order valence-electron chi connectivity index (χ4n) is 1.62. The molecule has 1 heterocycles. The van der Waals surface area contributed by atoms with Crippen LogP contribution in [0.4, 0.5) is 0 Å². The van der Waals surface area contributed by atoms with Crippen LogP contribution < -0.4 is 0 Å². The molecule has 1 aromatic carbocycles. The number of esters is 1. The maximum Gasteiger partial charge on any atom is 0.340 e. The number of rotatable bonds is 1. The van der Waals surface area contributed by atoms with Crippen molar-refractivity contribution in [2.45, 2.75) is 19.4 Å². The highest BCUT2D eigenvalue weighted by Gasteiger charge is 2.30. The molecule has 0 aliphatic carbocycles. The lowest BCUT2D eigenvalue weighted by Crippen LogP contribution is -2.33. The Kier molecular flexibility index (Phi) is 2.61. The summed E-state index contributed by atoms with van der Waals surface area (Å²) in [7, 11) is 0. The highest BCUT2D eigenvalue weighted by molar-refractivity contribution is 9.10. The van der Waals surface area contributed by atoms with E-state index in [2.05, 4.69) is 15.9 Å². The van der Waals surface area contributed by atoms with Gasteiger partial charge < -0.3 is 4.74 Å². The van der Waals surface area contributed by atoms with Crippen molar-refractivity contribution in [2.75, 3.05) is 0 Å². The summed E-state index contributed by atoms with van der Waals surface area (Å²) in [6, 6.07) is 5.48. The van der Waals surface area contributed by atoms with Crippen molar-refractivity contribution in [3.8, 4) is 0 Å². The first-order valence-corrected chi connectivity index (χ1v) is 5.37. The maximum absolute atomic E-state index is 11.6. The number of hydrogen-bond donors (Lipinski definition) is 0. The number of cyclic esters (lactones) is 1. The summed E-state index contributed by atoms with van der Waals surface area (Å²) < 4.78 is 5.75. The molecule has 0 spiro atoms. The van der Waals surface area contributed by atoms with E-state index in [4.69, 9.17) is 4.74 Å². The lowest BCUT2D eigenvalue weighted by Gasteiger charge is -2.23. The summed E-state index contributed by atoms with van der Waals surface area (Å²) in [5.74, 6) is -0.544. The normalized spacial score (nSPS) is 19.3. The molecule has 0 amide bonds. The van der Waals surface area contributed by atoms with E-state index in [0.717, 1.165) is 5.56 Å². The first-order chi connectivity index (χ1) is 7.09. The van der Waals surface area contributed by atoms with Crippen LogP contribution in [0.1, 0.15) is 22.8 Å². The number of ketones is 1. The van der Waals surface area contributed by atoms with Crippen LogP contribution in [0, 0.1) is 0 Å². The molecule has 0 N–H and O–H groups in total. The second-order valence-electron chi connectivity index (χ2n) is 3.48. The lowest BCUT2D eigenvalue weighted by molar-refractivity contribution is -0.125. The standard InChI is InChI=1S/C11H9BrO3/c1-6(13)9-5-7-3-2-4-8(12)10(7)11(14)15-9/h2-4,9H,5H2,1H3. The predicted octanol–water partition coefficient (Wildman–Crippen LogP) is 2.12. The van der Waals surface area contributed by atoms with Gasteiger partial charge in [0.25, 0.3) is 0 Å². The van der Waals surface area contributed by atoms with Crippen LogP contribution in [0.25, 0.3) is 0 Å². The minimum atomic E-state index is -0.626. The highest BCUT2D eigenvalue weighted by atomic mass is 79.9. The van der Waals surface area contributed by atoms with E-state index in [1.165, 1.54) is 6.92 Å². The molecule has 0 fully saturated rings. The molecular weight excluding hydrogens is 260 g/mol. The molecule has 1 unspecified atom stereocenters. The molecule has 1 atom stereocenters. The van der Waals surface area contributed by atoms with Gasteiger partial charge in [0.1, 0.15) is 0 Å². The van der Waals surface area contributed by atoms with Crippen LogP contribution in [0.2, 0.25) is 0 Å². The van der Waals surface area contributed by atoms with E-state index in [0.29, 0.717) is 16.5 Å². The zero-order chi connectivity index (χ0) is 11.0. The summed E-state index contributed by atoms with van der Waals surface area (Å²) in [4.78, 5) is 22.8. The van der Waals surface area contributed by atoms with E-state index in [1.807, 2.05) is 12.1 Å². The summed E-state index contributed by atoms with van der Waals surface area (Å²) in [6.45, 7) is 1.43. The Bertz CT molecular complexity index is 439. The maximum atomic E-state index is 11.6. The van der Waals surface area contributed by atoms with Gasteiger partial charge in [-0.1, -0.05) is 12.1 Å². The van der Waals surface area contributed by atoms with E-state index in [9.17, 15) is 9.59 Å². The molecule has 0 bridgehead atoms. The van der Waals surface area contributed by atoms with Gasteiger partial charge in [0, 0.05) is 10.9 Å². The van der Waals surface area contributed by atoms with Gasteiger partial charge in [-0.15, -0.1) is 0 Å². The first kappa shape index (κ1) is 10.4. The van der Waals surface area contributed by atoms with Crippen molar-refractivity contribution < 1.29 is 14.3 Å². The second kappa shape index (κ2) is 3.77. The minimum absolute atomic E-state index is 0.117. The SMILES string of the molecule is CC(=O)C1Cc2cccc(Br)c2C(=O)O1. The van der Waals surface area contributed by atoms with Crippen LogP contribution in [-0.4, -0.2) is 17.9 Å². The number of carbonyl (C=O) groups is 2. The van der Waals surface area contributed by atoms with Gasteiger partial charge in [0.2, 0.25) is 0 Å². The Morgan fingerprint density at radius 1 is 1.53 bits per heavy atom. The molecule has 2 rings (SSSR count). The molecular formula is C11H9BrO3. The fourth-order valence-corrected chi connectivity index (χ4v) is 2.19. The van der Waals surface area contributed by atoms with E-state index in [1.54, 1.807) is 6.07 Å². The zero-order valence-corrected chi connectivity index (χ0v) is 9.71. The summed E-state index contributed by atoms with van der Waals surface area (Å²) in [5, 5.41) is 0. The number of Topliss-reactive ketones (excluding diaryl/α,β-unsaturated/α-hetero) is 1. The van der Waals surface area contributed by atoms with Crippen LogP contribution in [0.3, 0.4) is 0 Å². The van der Waals surface area contributed by atoms with Gasteiger partial charge in [-0.3, -0.25) is 4.79 Å². The van der Waals surface area contributed by atoms with Crippen molar-refractivity contribution in [3.63, 3.8) is 0 Å². The van der Waals surface area contributed by atoms with Gasteiger partial charge in [0.15, 0.2) is 11.9 Å². The number of fused-ring (bicyclic) bond motifs is 1. The summed E-state index contributed by atoms with van der Waals surface area (Å²) in [5.41, 5.74) is 1.40. The van der Waals surface area contributed by atoms with Gasteiger partial charge in [0.05, 0.1) is 5.56 Å². The molecule has 15 heavy (non-hydrogen) atoms. The Hall–Kier alpha value is -1.16. The van der Waals surface area contributed by atoms with Crippen molar-refractivity contribution in [1.82, 2.24) is 0 Å². The molecule has 0 radical (unpaired) electrons. The van der Waals surface area contributed by atoms with Gasteiger partial charge in [-0.25, -0.2) is 4.79 Å². The average molecular weight is 269 g/mol. The third-order valence-corrected chi connectivity index (χ3v) is 3.07. The van der Waals surface area contributed by atoms with E-state index >= 15 is 0 Å². The molecule has 0 saturated carbocycles. The number of halogens is 1. The van der Waals surface area contributed by atoms with Crippen LogP contribution in [0.15, 0.2) is 22.7 Å². The Morgan fingerprint density at radius 3 is 2.93 bits per heavy atom. The average Bonchev–Trinajstić information content (AvgIpc) is 2.17. The summed E-state index contributed by atoms with van der Waals surface area (Å²) in [6.07, 6.45) is -0.158. The Labute approximate surface area is 95.6 Å². The zero-order valence-electron chi connectivity index (χ0n) is 8.12. The van der Waals surface area contributed by atoms with E-state index < -0.39 is 12.1 Å². The monoisotopic (exact) mass is 268 g/mol. The smallest absolute Gasteiger partial charge is 0.340 e. The molecule has 78 valence electrons. The minimum Gasteiger partial charge on any atom is -0.450 e. The molecule has 3 nitrogen and oxygen atoms in total. The number of carbonyl (C=O) groups excluding carboxylic acids is 2. The number of hydrogen-bond acceptors (Lipinski definition) is 3. The van der Waals surface area contributed by atoms with Crippen molar-refractivity contribution in [1.29, 1.82) is 0 Å². The van der Waals surface area contributed by atoms with Crippen LogP contribution >= 0.6 is 15.9 Å². The second-order valence-corrected chi connectivity index (χ2v) is 4.34. The molecule has 0 aromatic heterocycles. The molecule has 1 aliphatic rings. The van der Waals surface area contributed by atoms with Gasteiger partial charge in [-0.2, -0.15) is 0 Å². The van der Waals surface area contributed by atoms with Gasteiger partial charge in [-0.05, 0) is 34.5 Å². The third kappa shape index (κ3) is 1.81. The van der Waals surface area contributed by atoms with Gasteiger partial charge >= 0.3 is 5.97 Å². The topological polar surface area (TPSA) is 43.4 Å². The fraction of sp³-hybridized carbons (Fsp3) is 0.273. The summed E-state index contributed by atoms with van der Waals surface area (Å²) >= 11 is 3.29. The quantitative estimate of drug-likeness (QED) is 0.733. The van der Waals surface area contributed by atoms with Crippen molar-refractivity contribution in [3.05, 3.63) is 33.8 Å².